The van der Waals surface area contributed by atoms with Crippen molar-refractivity contribution in [3.8, 4) is 0 Å². The summed E-state index contributed by atoms with van der Waals surface area (Å²) in [7, 11) is -3.14. The molecule has 9 heteroatoms. The zero-order valence-corrected chi connectivity index (χ0v) is 17.0. The van der Waals surface area contributed by atoms with E-state index < -0.39 is 21.3 Å². The predicted molar refractivity (Wildman–Crippen MR) is 104 cm³/mol. The zero-order chi connectivity index (χ0) is 18.9. The number of carbonyl (C=O) groups excluding carboxylic acids is 1. The number of quaternary nitrogens is 1. The summed E-state index contributed by atoms with van der Waals surface area (Å²) in [6, 6.07) is 5.40. The summed E-state index contributed by atoms with van der Waals surface area (Å²) in [5.74, 6) is -0.270. The van der Waals surface area contributed by atoms with Gasteiger partial charge in [0.15, 0.2) is 16.4 Å². The summed E-state index contributed by atoms with van der Waals surface area (Å²) in [4.78, 5) is 15.7. The molecule has 2 saturated heterocycles. The third kappa shape index (κ3) is 4.82. The first-order chi connectivity index (χ1) is 12.2. The van der Waals surface area contributed by atoms with Crippen LogP contribution in [0.25, 0.3) is 0 Å². The molecule has 1 amide bonds. The Morgan fingerprint density at radius 3 is 2.62 bits per heavy atom. The minimum Gasteiger partial charge on any atom is -0.360 e. The van der Waals surface area contributed by atoms with E-state index in [0.29, 0.717) is 6.54 Å². The number of nitrogens with one attached hydrogen (secondary N) is 2. The highest BCUT2D eigenvalue weighted by Crippen LogP contribution is 2.24. The Balaban J connectivity index is 1.49. The molecule has 0 saturated carbocycles. The van der Waals surface area contributed by atoms with E-state index >= 15 is 0 Å². The second-order valence-electron chi connectivity index (χ2n) is 7.11. The number of halogens is 2. The first kappa shape index (κ1) is 19.7. The minimum atomic E-state index is -3.14. The van der Waals surface area contributed by atoms with Crippen molar-refractivity contribution in [3.05, 3.63) is 28.8 Å². The lowest BCUT2D eigenvalue weighted by molar-refractivity contribution is -0.892. The molecule has 1 aromatic rings. The van der Waals surface area contributed by atoms with Crippen LogP contribution in [0.3, 0.4) is 0 Å². The Morgan fingerprint density at radius 1 is 1.31 bits per heavy atom. The molecule has 2 N–H and O–H groups in total. The molecule has 0 radical (unpaired) electrons. The van der Waals surface area contributed by atoms with Gasteiger partial charge in [-0.2, -0.15) is 0 Å². The number of rotatable bonds is 4. The molecular weight excluding hydrogens is 397 g/mol. The van der Waals surface area contributed by atoms with Gasteiger partial charge < -0.3 is 15.1 Å². The molecule has 0 aliphatic carbocycles. The Bertz CT molecular complexity index is 779. The van der Waals surface area contributed by atoms with E-state index in [-0.39, 0.29) is 17.4 Å². The van der Waals surface area contributed by atoms with E-state index in [0.717, 1.165) is 36.9 Å². The summed E-state index contributed by atoms with van der Waals surface area (Å²) < 4.78 is 23.2. The number of benzene rings is 1. The lowest BCUT2D eigenvalue weighted by Gasteiger charge is -2.34. The molecule has 0 aromatic heterocycles. The van der Waals surface area contributed by atoms with Crippen LogP contribution in [0.4, 0.5) is 5.69 Å². The molecule has 3 rings (SSSR count). The number of piperazine rings is 1. The summed E-state index contributed by atoms with van der Waals surface area (Å²) in [5.41, 5.74) is 2.33. The van der Waals surface area contributed by atoms with Gasteiger partial charge in [0, 0.05) is 10.7 Å². The van der Waals surface area contributed by atoms with Gasteiger partial charge in [-0.25, -0.2) is 8.42 Å². The molecule has 1 aromatic carbocycles. The Morgan fingerprint density at radius 2 is 2.00 bits per heavy atom. The molecule has 2 aliphatic rings. The van der Waals surface area contributed by atoms with Gasteiger partial charge in [-0.05, 0) is 24.6 Å². The fourth-order valence-corrected chi connectivity index (χ4v) is 6.30. The maximum atomic E-state index is 12.3. The number of hydrogen-bond acceptors (Lipinski definition) is 4. The predicted octanol–water partition coefficient (Wildman–Crippen LogP) is -0.126. The molecule has 26 heavy (non-hydrogen) atoms. The molecule has 0 unspecified atom stereocenters. The van der Waals surface area contributed by atoms with E-state index in [1.807, 2.05) is 18.2 Å². The zero-order valence-electron chi connectivity index (χ0n) is 14.7. The monoisotopic (exact) mass is 420 g/mol. The van der Waals surface area contributed by atoms with Crippen LogP contribution in [0.2, 0.25) is 5.02 Å². The third-order valence-corrected chi connectivity index (χ3v) is 7.63. The largest absolute Gasteiger partial charge is 0.360 e. The van der Waals surface area contributed by atoms with Crippen LogP contribution in [-0.4, -0.2) is 70.0 Å². The van der Waals surface area contributed by atoms with Crippen LogP contribution in [0, 0.1) is 6.92 Å². The molecule has 0 spiro atoms. The van der Waals surface area contributed by atoms with Crippen molar-refractivity contribution in [3.63, 3.8) is 0 Å². The van der Waals surface area contributed by atoms with Crippen LogP contribution < -0.4 is 15.1 Å². The van der Waals surface area contributed by atoms with E-state index in [2.05, 4.69) is 17.1 Å². The molecule has 2 fully saturated rings. The number of nitrogens with zero attached hydrogens (tertiary/aromatic N) is 1. The number of carbonyl (C=O) groups is 1. The number of alkyl halides is 1. The molecule has 6 nitrogen and oxygen atoms in total. The molecule has 144 valence electrons. The van der Waals surface area contributed by atoms with Crippen molar-refractivity contribution in [1.82, 2.24) is 5.32 Å². The maximum Gasteiger partial charge on any atom is 0.275 e. The van der Waals surface area contributed by atoms with Crippen LogP contribution in [-0.2, 0) is 14.6 Å². The smallest absolute Gasteiger partial charge is 0.275 e. The number of anilines is 1. The van der Waals surface area contributed by atoms with E-state index in [4.69, 9.17) is 23.2 Å². The van der Waals surface area contributed by atoms with Gasteiger partial charge in [-0.15, -0.1) is 11.6 Å². The Kier molecular flexibility index (Phi) is 6.01. The second-order valence-corrected chi connectivity index (χ2v) is 10.3. The first-order valence-corrected chi connectivity index (χ1v) is 11.4. The van der Waals surface area contributed by atoms with Crippen molar-refractivity contribution in [2.45, 2.75) is 18.3 Å². The molecule has 0 bridgehead atoms. The van der Waals surface area contributed by atoms with Crippen molar-refractivity contribution >= 4 is 44.6 Å². The Hall–Kier alpha value is -1.02. The van der Waals surface area contributed by atoms with Crippen molar-refractivity contribution in [2.24, 2.45) is 0 Å². The highest BCUT2D eigenvalue weighted by atomic mass is 35.5. The van der Waals surface area contributed by atoms with Gasteiger partial charge in [0.05, 0.1) is 49.1 Å². The van der Waals surface area contributed by atoms with Gasteiger partial charge in [0.2, 0.25) is 0 Å². The van der Waals surface area contributed by atoms with Gasteiger partial charge in [-0.1, -0.05) is 17.7 Å². The highest BCUT2D eigenvalue weighted by molar-refractivity contribution is 7.91. The number of hydrogen-bond donors (Lipinski definition) is 2. The lowest BCUT2D eigenvalue weighted by atomic mass is 10.1. The fourth-order valence-electron chi connectivity index (χ4n) is 3.59. The van der Waals surface area contributed by atoms with Crippen molar-refractivity contribution < 1.29 is 18.1 Å². The topological polar surface area (TPSA) is 70.9 Å². The normalized spacial score (nSPS) is 26.0. The lowest BCUT2D eigenvalue weighted by Crippen LogP contribution is -3.16. The second kappa shape index (κ2) is 7.92. The molecular formula is C17H24Cl2N3O3S+. The highest BCUT2D eigenvalue weighted by Gasteiger charge is 2.37. The average molecular weight is 421 g/mol. The number of amides is 1. The van der Waals surface area contributed by atoms with Gasteiger partial charge in [0.25, 0.3) is 5.91 Å². The van der Waals surface area contributed by atoms with Gasteiger partial charge in [0.1, 0.15) is 0 Å². The minimum absolute atomic E-state index is 0.0654. The molecule has 2 aliphatic heterocycles. The van der Waals surface area contributed by atoms with Crippen LogP contribution >= 0.6 is 23.2 Å². The van der Waals surface area contributed by atoms with Crippen LogP contribution in [0.15, 0.2) is 18.2 Å². The van der Waals surface area contributed by atoms with Crippen LogP contribution in [0.1, 0.15) is 5.56 Å². The van der Waals surface area contributed by atoms with Crippen molar-refractivity contribution in [1.29, 1.82) is 0 Å². The first-order valence-electron chi connectivity index (χ1n) is 8.72. The summed E-state index contributed by atoms with van der Waals surface area (Å²) >= 11 is 12.2. The summed E-state index contributed by atoms with van der Waals surface area (Å²) in [6.07, 6.45) is 0. The van der Waals surface area contributed by atoms with Gasteiger partial charge >= 0.3 is 0 Å². The van der Waals surface area contributed by atoms with E-state index in [1.165, 1.54) is 10.5 Å². The number of sulfone groups is 1. The number of aryl methyl sites for hydroxylation is 1. The molecule has 2 atom stereocenters. The maximum absolute atomic E-state index is 12.3. The quantitative estimate of drug-likeness (QED) is 0.665. The van der Waals surface area contributed by atoms with E-state index in [1.54, 1.807) is 0 Å². The Labute approximate surface area is 164 Å². The summed E-state index contributed by atoms with van der Waals surface area (Å²) in [6.45, 7) is 5.78. The van der Waals surface area contributed by atoms with Crippen molar-refractivity contribution in [2.75, 3.05) is 49.1 Å². The summed E-state index contributed by atoms with van der Waals surface area (Å²) in [5, 5.41) is 2.97. The standard InChI is InChI=1S/C17H23Cl2N3O3S/c1-12-2-3-13(18)8-16(12)22-6-4-21(5-7-22)9-17(23)20-15-11-26(24,25)10-14(15)19/h2-3,8,14-15H,4-7,9-11H2,1H3,(H,20,23)/p+1/t14-,15-/m1/s1. The van der Waals surface area contributed by atoms with Gasteiger partial charge in [-0.3, -0.25) is 4.79 Å². The fraction of sp³-hybridized carbons (Fsp3) is 0.588. The average Bonchev–Trinajstić information content (AvgIpc) is 2.82. The third-order valence-electron chi connectivity index (χ3n) is 5.02. The van der Waals surface area contributed by atoms with E-state index in [9.17, 15) is 13.2 Å². The molecule has 2 heterocycles. The van der Waals surface area contributed by atoms with Crippen LogP contribution in [0.5, 0.6) is 0 Å². The SMILES string of the molecule is Cc1ccc(Cl)cc1N1CC[NH+](CC(=O)N[C@@H]2CS(=O)(=O)C[C@H]2Cl)CC1.